The number of morpholine rings is 1. The fourth-order valence-corrected chi connectivity index (χ4v) is 3.93. The van der Waals surface area contributed by atoms with Gasteiger partial charge in [0.05, 0.1) is 13.2 Å². The summed E-state index contributed by atoms with van der Waals surface area (Å²) in [4.78, 5) is 34.3. The molecule has 0 atom stereocenters. The number of rotatable bonds is 6. The first-order chi connectivity index (χ1) is 18.4. The maximum atomic E-state index is 13.3. The van der Waals surface area contributed by atoms with Gasteiger partial charge in [-0.05, 0) is 47.9 Å². The first-order valence-electron chi connectivity index (χ1n) is 12.2. The molecule has 0 bridgehead atoms. The van der Waals surface area contributed by atoms with E-state index in [4.69, 9.17) is 10.5 Å². The Hall–Kier alpha value is -4.22. The van der Waals surface area contributed by atoms with E-state index in [0.717, 1.165) is 31.9 Å². The number of Topliss-reactive ketones (excluding diaryl/α,β-unsaturated/α-hetero) is 1. The molecule has 1 amide bonds. The van der Waals surface area contributed by atoms with E-state index in [1.807, 2.05) is 0 Å². The van der Waals surface area contributed by atoms with Gasteiger partial charge < -0.3 is 20.7 Å². The maximum Gasteiger partial charge on any atom is 0.270 e. The Bertz CT molecular complexity index is 1420. The third kappa shape index (κ3) is 6.55. The zero-order chi connectivity index (χ0) is 27.1. The van der Waals surface area contributed by atoms with Gasteiger partial charge in [-0.25, -0.2) is 9.37 Å². The average Bonchev–Trinajstić information content (AvgIpc) is 3.42. The molecule has 5 rings (SSSR count). The lowest BCUT2D eigenvalue weighted by atomic mass is 10.1. The number of fused-ring (bicyclic) bond motifs is 1. The van der Waals surface area contributed by atoms with Gasteiger partial charge in [0.2, 0.25) is 0 Å². The molecule has 0 saturated carbocycles. The Morgan fingerprint density at radius 1 is 1.08 bits per heavy atom. The number of nitrogens with zero attached hydrogens (tertiary/aromatic N) is 5. The number of nitrogens with one attached hydrogen (secondary N) is 1. The van der Waals surface area contributed by atoms with Gasteiger partial charge in [-0.3, -0.25) is 9.59 Å². The highest BCUT2D eigenvalue weighted by Gasteiger charge is 2.16. The molecule has 1 aliphatic heterocycles. The molecule has 3 heterocycles. The number of halogens is 1. The van der Waals surface area contributed by atoms with Crippen LogP contribution in [0.3, 0.4) is 0 Å². The van der Waals surface area contributed by atoms with Gasteiger partial charge in [-0.15, -0.1) is 0 Å². The number of ether oxygens (including phenoxy) is 1. The fraction of sp³-hybridized carbons (Fsp3) is 0.296. The van der Waals surface area contributed by atoms with Crippen LogP contribution in [-0.4, -0.2) is 57.6 Å². The van der Waals surface area contributed by atoms with E-state index in [1.54, 1.807) is 19.1 Å². The van der Waals surface area contributed by atoms with Crippen LogP contribution in [0.5, 0.6) is 0 Å². The smallest absolute Gasteiger partial charge is 0.270 e. The second-order valence-electron chi connectivity index (χ2n) is 8.79. The number of anilines is 1. The predicted octanol–water partition coefficient (Wildman–Crippen LogP) is 2.69. The van der Waals surface area contributed by atoms with Gasteiger partial charge in [0.15, 0.2) is 5.78 Å². The summed E-state index contributed by atoms with van der Waals surface area (Å²) in [6, 6.07) is 14.4. The van der Waals surface area contributed by atoms with E-state index in [1.165, 1.54) is 41.2 Å². The Morgan fingerprint density at radius 3 is 2.45 bits per heavy atom. The minimum Gasteiger partial charge on any atom is -0.378 e. The predicted molar refractivity (Wildman–Crippen MR) is 140 cm³/mol. The van der Waals surface area contributed by atoms with Crippen molar-refractivity contribution < 1.29 is 18.7 Å². The largest absolute Gasteiger partial charge is 0.378 e. The zero-order valence-corrected chi connectivity index (χ0v) is 21.4. The van der Waals surface area contributed by atoms with Crippen LogP contribution >= 0.6 is 0 Å². The van der Waals surface area contributed by atoms with Crippen LogP contribution in [0.15, 0.2) is 54.9 Å². The summed E-state index contributed by atoms with van der Waals surface area (Å²) in [7, 11) is 0. The van der Waals surface area contributed by atoms with Gasteiger partial charge >= 0.3 is 0 Å². The highest BCUT2D eigenvalue weighted by atomic mass is 19.1. The van der Waals surface area contributed by atoms with Gasteiger partial charge in [0.25, 0.3) is 11.7 Å². The van der Waals surface area contributed by atoms with Gasteiger partial charge in [-0.1, -0.05) is 24.3 Å². The molecule has 38 heavy (non-hydrogen) atoms. The third-order valence-corrected chi connectivity index (χ3v) is 6.07. The van der Waals surface area contributed by atoms with Crippen molar-refractivity contribution in [1.29, 1.82) is 0 Å². The lowest BCUT2D eigenvalue weighted by molar-refractivity contribution is 0.0946. The molecule has 0 spiro atoms. The monoisotopic (exact) mass is 519 g/mol. The normalized spacial score (nSPS) is 13.1. The number of hydrogen-bond donors (Lipinski definition) is 2. The molecule has 1 saturated heterocycles. The minimum absolute atomic E-state index is 0.0690. The summed E-state index contributed by atoms with van der Waals surface area (Å²) in [6.45, 7) is 7.50. The molecule has 2 aromatic heterocycles. The van der Waals surface area contributed by atoms with Crippen molar-refractivity contribution in [3.8, 4) is 0 Å². The van der Waals surface area contributed by atoms with Crippen molar-refractivity contribution in [2.24, 2.45) is 5.73 Å². The van der Waals surface area contributed by atoms with E-state index < -0.39 is 5.91 Å². The SMILES string of the molecule is CC(=O)c1cc(C(=O)NCc2ccc(F)c(C)c2)nc2ncnn12.NCc1ccc(N2CCOCC2)cc1. The highest BCUT2D eigenvalue weighted by molar-refractivity contribution is 5.98. The molecule has 1 aliphatic rings. The van der Waals surface area contributed by atoms with Crippen LogP contribution in [-0.2, 0) is 17.8 Å². The number of amides is 1. The van der Waals surface area contributed by atoms with Crippen LogP contribution in [0.1, 0.15) is 44.6 Å². The molecule has 0 radical (unpaired) electrons. The maximum absolute atomic E-state index is 13.3. The van der Waals surface area contributed by atoms with E-state index >= 15 is 0 Å². The number of carbonyl (C=O) groups excluding carboxylic acids is 2. The molecule has 10 nitrogen and oxygen atoms in total. The second kappa shape index (κ2) is 12.3. The summed E-state index contributed by atoms with van der Waals surface area (Å²) >= 11 is 0. The van der Waals surface area contributed by atoms with Crippen molar-refractivity contribution in [2.75, 3.05) is 31.2 Å². The zero-order valence-electron chi connectivity index (χ0n) is 21.4. The number of benzene rings is 2. The molecular weight excluding hydrogens is 489 g/mol. The summed E-state index contributed by atoms with van der Waals surface area (Å²) in [5, 5.41) is 6.60. The number of nitrogens with two attached hydrogens (primary N) is 1. The summed E-state index contributed by atoms with van der Waals surface area (Å²) in [6.07, 6.45) is 1.26. The average molecular weight is 520 g/mol. The van der Waals surface area contributed by atoms with Gasteiger partial charge in [-0.2, -0.15) is 14.6 Å². The quantitative estimate of drug-likeness (QED) is 0.372. The Kier molecular flexibility index (Phi) is 8.72. The van der Waals surface area contributed by atoms with Crippen molar-refractivity contribution >= 4 is 23.2 Å². The van der Waals surface area contributed by atoms with Crippen LogP contribution in [0.25, 0.3) is 5.78 Å². The number of aryl methyl sites for hydroxylation is 1. The number of ketones is 1. The molecule has 198 valence electrons. The first kappa shape index (κ1) is 26.8. The lowest BCUT2D eigenvalue weighted by Crippen LogP contribution is -2.36. The lowest BCUT2D eigenvalue weighted by Gasteiger charge is -2.28. The van der Waals surface area contributed by atoms with E-state index in [9.17, 15) is 14.0 Å². The Balaban J connectivity index is 0.000000204. The van der Waals surface area contributed by atoms with Crippen LogP contribution in [0.4, 0.5) is 10.1 Å². The minimum atomic E-state index is -0.454. The molecule has 3 N–H and O–H groups in total. The van der Waals surface area contributed by atoms with Crippen LogP contribution in [0, 0.1) is 12.7 Å². The van der Waals surface area contributed by atoms with Crippen LogP contribution < -0.4 is 16.0 Å². The molecule has 2 aromatic carbocycles. The van der Waals surface area contributed by atoms with Crippen molar-refractivity contribution in [2.45, 2.75) is 26.9 Å². The van der Waals surface area contributed by atoms with E-state index in [-0.39, 0.29) is 35.3 Å². The topological polar surface area (TPSA) is 128 Å². The standard InChI is InChI=1S/C16H14FN5O2.C11H16N2O/c1-9-5-11(3-4-12(9)17)7-18-15(24)13-6-14(10(2)23)22-16(21-13)19-8-20-22;12-9-10-1-3-11(4-2-10)13-5-7-14-8-6-13/h3-6,8H,7H2,1-2H3,(H,18,24);1-4H,5-9,12H2. The Morgan fingerprint density at radius 2 is 1.79 bits per heavy atom. The summed E-state index contributed by atoms with van der Waals surface area (Å²) in [5.41, 5.74) is 9.55. The first-order valence-corrected chi connectivity index (χ1v) is 12.2. The number of aromatic nitrogens is 4. The number of hydrogen-bond acceptors (Lipinski definition) is 8. The highest BCUT2D eigenvalue weighted by Crippen LogP contribution is 2.16. The molecule has 1 fully saturated rings. The number of carbonyl (C=O) groups is 2. The third-order valence-electron chi connectivity index (χ3n) is 6.07. The molecule has 4 aromatic rings. The molecule has 11 heteroatoms. The van der Waals surface area contributed by atoms with E-state index in [2.05, 4.69) is 49.5 Å². The van der Waals surface area contributed by atoms with Gasteiger partial charge in [0, 0.05) is 38.8 Å². The summed E-state index contributed by atoms with van der Waals surface area (Å²) < 4.78 is 19.8. The molecule has 0 unspecified atom stereocenters. The van der Waals surface area contributed by atoms with E-state index in [0.29, 0.717) is 12.1 Å². The van der Waals surface area contributed by atoms with Crippen LogP contribution in [0.2, 0.25) is 0 Å². The molecular formula is C27H30FN7O3. The van der Waals surface area contributed by atoms with Crippen molar-refractivity contribution in [3.05, 3.63) is 88.8 Å². The summed E-state index contributed by atoms with van der Waals surface area (Å²) in [5.74, 6) is -0.832. The second-order valence-corrected chi connectivity index (χ2v) is 8.79. The van der Waals surface area contributed by atoms with Crippen molar-refractivity contribution in [3.63, 3.8) is 0 Å². The molecule has 0 aliphatic carbocycles. The van der Waals surface area contributed by atoms with Gasteiger partial charge in [0.1, 0.15) is 23.5 Å². The Labute approximate surface area is 219 Å². The van der Waals surface area contributed by atoms with Crippen molar-refractivity contribution in [1.82, 2.24) is 24.9 Å². The fourth-order valence-electron chi connectivity index (χ4n) is 3.93.